The van der Waals surface area contributed by atoms with Gasteiger partial charge in [0.1, 0.15) is 0 Å². The maximum atomic E-state index is 6.19. The van der Waals surface area contributed by atoms with E-state index in [4.69, 9.17) is 17.3 Å². The van der Waals surface area contributed by atoms with Gasteiger partial charge in [0.05, 0.1) is 28.8 Å². The van der Waals surface area contributed by atoms with Crippen LogP contribution in [0.3, 0.4) is 0 Å². The average Bonchev–Trinajstić information content (AvgIpc) is 2.25. The number of fused-ring (bicyclic) bond motifs is 1. The van der Waals surface area contributed by atoms with Crippen LogP contribution < -0.4 is 22.2 Å². The van der Waals surface area contributed by atoms with E-state index in [1.807, 2.05) is 25.2 Å². The van der Waals surface area contributed by atoms with Gasteiger partial charge < -0.3 is 21.4 Å². The van der Waals surface area contributed by atoms with Gasteiger partial charge in [-0.15, -0.1) is 0 Å². The van der Waals surface area contributed by atoms with E-state index in [0.29, 0.717) is 5.70 Å². The van der Waals surface area contributed by atoms with Crippen molar-refractivity contribution < 1.29 is 0 Å². The first-order valence-electron chi connectivity index (χ1n) is 5.55. The summed E-state index contributed by atoms with van der Waals surface area (Å²) in [6, 6.07) is 5.85. The smallest absolute Gasteiger partial charge is 0.0746 e. The lowest BCUT2D eigenvalue weighted by Gasteiger charge is -2.39. The standard InChI is InChI=1S/C12H19N5/c1-7-11(17(3)15)10(14)8-5-4-6-9(13)12(8)16(7)2/h4-7H,13-15H2,1-3H3. The first-order chi connectivity index (χ1) is 7.95. The topological polar surface area (TPSA) is 84.5 Å². The number of nitrogen functional groups attached to an aromatic ring is 1. The minimum Gasteiger partial charge on any atom is -0.397 e. The van der Waals surface area contributed by atoms with Crippen LogP contribution in [0.4, 0.5) is 11.4 Å². The SMILES string of the molecule is CC1C(N(C)N)=C(N)c2cccc(N)c2N1C. The van der Waals surface area contributed by atoms with Gasteiger partial charge in [-0.2, -0.15) is 0 Å². The molecule has 0 aliphatic carbocycles. The summed E-state index contributed by atoms with van der Waals surface area (Å²) in [4.78, 5) is 2.10. The third-order valence-corrected chi connectivity index (χ3v) is 3.34. The monoisotopic (exact) mass is 233 g/mol. The minimum absolute atomic E-state index is 0.0993. The van der Waals surface area contributed by atoms with Crippen molar-refractivity contribution >= 4 is 17.1 Å². The van der Waals surface area contributed by atoms with E-state index in [1.54, 1.807) is 12.1 Å². The van der Waals surface area contributed by atoms with Gasteiger partial charge in [-0.05, 0) is 13.0 Å². The number of para-hydroxylation sites is 1. The van der Waals surface area contributed by atoms with Crippen molar-refractivity contribution in [1.29, 1.82) is 0 Å². The Morgan fingerprint density at radius 2 is 1.94 bits per heavy atom. The van der Waals surface area contributed by atoms with E-state index >= 15 is 0 Å². The Kier molecular flexibility index (Phi) is 2.63. The third kappa shape index (κ3) is 1.59. The van der Waals surface area contributed by atoms with Crippen LogP contribution in [-0.2, 0) is 0 Å². The quantitative estimate of drug-likeness (QED) is 0.374. The molecule has 1 aliphatic heterocycles. The molecule has 0 amide bonds. The summed E-state index contributed by atoms with van der Waals surface area (Å²) in [6.45, 7) is 2.06. The zero-order valence-corrected chi connectivity index (χ0v) is 10.4. The fourth-order valence-corrected chi connectivity index (χ4v) is 2.40. The van der Waals surface area contributed by atoms with Crippen LogP contribution in [-0.4, -0.2) is 25.1 Å². The van der Waals surface area contributed by atoms with Gasteiger partial charge in [0, 0.05) is 19.7 Å². The second-order valence-corrected chi connectivity index (χ2v) is 4.44. The number of hydrogen-bond acceptors (Lipinski definition) is 5. The van der Waals surface area contributed by atoms with E-state index in [2.05, 4.69) is 11.8 Å². The van der Waals surface area contributed by atoms with E-state index in [-0.39, 0.29) is 6.04 Å². The molecule has 0 saturated heterocycles. The molecule has 6 N–H and O–H groups in total. The third-order valence-electron chi connectivity index (χ3n) is 3.34. The Hall–Kier alpha value is -1.88. The van der Waals surface area contributed by atoms with Crippen LogP contribution >= 0.6 is 0 Å². The van der Waals surface area contributed by atoms with Crippen molar-refractivity contribution in [2.75, 3.05) is 24.7 Å². The van der Waals surface area contributed by atoms with Gasteiger partial charge in [-0.3, -0.25) is 0 Å². The molecule has 1 heterocycles. The van der Waals surface area contributed by atoms with E-state index in [0.717, 1.165) is 22.6 Å². The van der Waals surface area contributed by atoms with Crippen molar-refractivity contribution in [1.82, 2.24) is 5.01 Å². The molecule has 1 unspecified atom stereocenters. The molecule has 1 aliphatic rings. The van der Waals surface area contributed by atoms with Gasteiger partial charge >= 0.3 is 0 Å². The predicted molar refractivity (Wildman–Crippen MR) is 71.8 cm³/mol. The van der Waals surface area contributed by atoms with Crippen molar-refractivity contribution in [3.8, 4) is 0 Å². The second-order valence-electron chi connectivity index (χ2n) is 4.44. The first-order valence-corrected chi connectivity index (χ1v) is 5.55. The lowest BCUT2D eigenvalue weighted by molar-refractivity contribution is 0.405. The highest BCUT2D eigenvalue weighted by molar-refractivity contribution is 5.87. The molecule has 5 heteroatoms. The largest absolute Gasteiger partial charge is 0.397 e. The number of hydrogen-bond donors (Lipinski definition) is 3. The molecule has 0 bridgehead atoms. The number of nitrogens with two attached hydrogens (primary N) is 3. The number of anilines is 2. The number of likely N-dealkylation sites (N-methyl/N-ethyl adjacent to an activating group) is 2. The Morgan fingerprint density at radius 3 is 2.53 bits per heavy atom. The summed E-state index contributed by atoms with van der Waals surface area (Å²) < 4.78 is 0. The maximum Gasteiger partial charge on any atom is 0.0746 e. The fraction of sp³-hybridized carbons (Fsp3) is 0.333. The van der Waals surface area contributed by atoms with Gasteiger partial charge in [0.15, 0.2) is 0 Å². The molecule has 2 rings (SSSR count). The summed E-state index contributed by atoms with van der Waals surface area (Å²) in [6.07, 6.45) is 0. The Bertz CT molecular complexity index is 478. The fourth-order valence-electron chi connectivity index (χ4n) is 2.40. The lowest BCUT2D eigenvalue weighted by Crippen LogP contribution is -2.44. The molecule has 1 aromatic carbocycles. The lowest BCUT2D eigenvalue weighted by atomic mass is 9.97. The molecular formula is C12H19N5. The van der Waals surface area contributed by atoms with E-state index in [1.165, 1.54) is 0 Å². The molecule has 0 radical (unpaired) electrons. The Morgan fingerprint density at radius 1 is 1.29 bits per heavy atom. The number of hydrazine groups is 1. The normalized spacial score (nSPS) is 19.3. The maximum absolute atomic E-state index is 6.19. The van der Waals surface area contributed by atoms with Crippen molar-refractivity contribution in [2.24, 2.45) is 11.6 Å². The van der Waals surface area contributed by atoms with E-state index in [9.17, 15) is 0 Å². The molecule has 92 valence electrons. The molecule has 5 nitrogen and oxygen atoms in total. The van der Waals surface area contributed by atoms with Crippen LogP contribution in [0.25, 0.3) is 5.70 Å². The predicted octanol–water partition coefficient (Wildman–Crippen LogP) is 0.540. The van der Waals surface area contributed by atoms with Gasteiger partial charge in [-0.25, -0.2) is 5.84 Å². The number of rotatable bonds is 1. The highest BCUT2D eigenvalue weighted by atomic mass is 15.4. The molecule has 17 heavy (non-hydrogen) atoms. The second kappa shape index (κ2) is 3.85. The highest BCUT2D eigenvalue weighted by Gasteiger charge is 2.29. The first kappa shape index (κ1) is 11.6. The molecule has 0 fully saturated rings. The summed E-state index contributed by atoms with van der Waals surface area (Å²) >= 11 is 0. The summed E-state index contributed by atoms with van der Waals surface area (Å²) in [5.41, 5.74) is 16.5. The van der Waals surface area contributed by atoms with E-state index < -0.39 is 0 Å². The number of nitrogens with zero attached hydrogens (tertiary/aromatic N) is 2. The van der Waals surface area contributed by atoms with Crippen molar-refractivity contribution in [3.63, 3.8) is 0 Å². The van der Waals surface area contributed by atoms with Crippen LogP contribution in [0.1, 0.15) is 12.5 Å². The molecule has 0 aromatic heterocycles. The minimum atomic E-state index is 0.0993. The van der Waals surface area contributed by atoms with Gasteiger partial charge in [0.2, 0.25) is 0 Å². The molecule has 0 saturated carbocycles. The van der Waals surface area contributed by atoms with Crippen molar-refractivity contribution in [2.45, 2.75) is 13.0 Å². The van der Waals surface area contributed by atoms with Crippen LogP contribution in [0.2, 0.25) is 0 Å². The van der Waals surface area contributed by atoms with Crippen LogP contribution in [0.15, 0.2) is 23.9 Å². The summed E-state index contributed by atoms with van der Waals surface area (Å²) in [5, 5.41) is 1.57. The van der Waals surface area contributed by atoms with Gasteiger partial charge in [0.25, 0.3) is 0 Å². The van der Waals surface area contributed by atoms with Gasteiger partial charge in [-0.1, -0.05) is 12.1 Å². The van der Waals surface area contributed by atoms with Crippen LogP contribution in [0, 0.1) is 0 Å². The summed E-state index contributed by atoms with van der Waals surface area (Å²) in [7, 11) is 3.79. The number of benzene rings is 1. The molecule has 0 spiro atoms. The summed E-state index contributed by atoms with van der Waals surface area (Å²) in [5.74, 6) is 5.84. The molecule has 1 aromatic rings. The molecule has 1 atom stereocenters. The van der Waals surface area contributed by atoms with Crippen molar-refractivity contribution in [3.05, 3.63) is 29.5 Å². The highest BCUT2D eigenvalue weighted by Crippen LogP contribution is 2.38. The Labute approximate surface area is 101 Å². The zero-order valence-electron chi connectivity index (χ0n) is 10.4. The van der Waals surface area contributed by atoms with Crippen LogP contribution in [0.5, 0.6) is 0 Å². The average molecular weight is 233 g/mol. The molecular weight excluding hydrogens is 214 g/mol. The Balaban J connectivity index is 2.71. The zero-order chi connectivity index (χ0) is 12.7.